The maximum atomic E-state index is 4.93. The fraction of sp³-hybridized carbons (Fsp3) is 1.00. The van der Waals surface area contributed by atoms with Gasteiger partial charge in [-0.05, 0) is 0 Å². The molecule has 2 radical (unpaired) electrons. The molecule has 0 saturated carbocycles. The number of hydrogen-bond acceptors (Lipinski definition) is 1. The molecule has 0 aromatic carbocycles. The molecule has 0 aromatic heterocycles. The molecule has 3 heteroatoms. The highest BCUT2D eigenvalue weighted by atomic mass is 16.5. The van der Waals surface area contributed by atoms with E-state index in [2.05, 4.69) is 10.6 Å². The molecular weight excluding hydrogens is 116 g/mol. The van der Waals surface area contributed by atoms with Crippen LogP contribution in [0.2, 0.25) is 0 Å². The Morgan fingerprint density at radius 3 is 3.00 bits per heavy atom. The smallest absolute Gasteiger partial charge is 0.0645 e. The number of nitrogens with zero attached hydrogens (tertiary/aromatic N) is 2. The third-order valence-electron chi connectivity index (χ3n) is 1.34. The molecule has 1 fully saturated rings. The van der Waals surface area contributed by atoms with Crippen LogP contribution in [0, 0.1) is 0 Å². The summed E-state index contributed by atoms with van der Waals surface area (Å²) in [4.78, 5) is 0. The predicted molar refractivity (Wildman–Crippen MR) is 34.5 cm³/mol. The van der Waals surface area contributed by atoms with Crippen LogP contribution in [0.15, 0.2) is 0 Å². The van der Waals surface area contributed by atoms with Crippen molar-refractivity contribution >= 4 is 0 Å². The van der Waals surface area contributed by atoms with Crippen LogP contribution in [0.4, 0.5) is 0 Å². The van der Waals surface area contributed by atoms with Crippen LogP contribution >= 0.6 is 0 Å². The zero-order chi connectivity index (χ0) is 6.53. The summed E-state index contributed by atoms with van der Waals surface area (Å²) in [6, 6.07) is 0.337. The van der Waals surface area contributed by atoms with E-state index in [1.165, 1.54) is 0 Å². The van der Waals surface area contributed by atoms with Crippen molar-refractivity contribution < 1.29 is 4.74 Å². The monoisotopic (exact) mass is 128 g/mol. The molecular formula is C6H12N2O. The Morgan fingerprint density at radius 2 is 2.44 bits per heavy atom. The average molecular weight is 128 g/mol. The highest BCUT2D eigenvalue weighted by Crippen LogP contribution is 1.89. The first-order valence-corrected chi connectivity index (χ1v) is 3.22. The molecule has 3 nitrogen and oxygen atoms in total. The first-order valence-electron chi connectivity index (χ1n) is 3.22. The van der Waals surface area contributed by atoms with E-state index < -0.39 is 0 Å². The van der Waals surface area contributed by atoms with Crippen molar-refractivity contribution in [3.8, 4) is 0 Å². The molecule has 1 atom stereocenters. The minimum atomic E-state index is 0.337. The van der Waals surface area contributed by atoms with Gasteiger partial charge >= 0.3 is 0 Å². The summed E-state index contributed by atoms with van der Waals surface area (Å²) in [7, 11) is 1.70. The van der Waals surface area contributed by atoms with Crippen LogP contribution < -0.4 is 10.6 Å². The van der Waals surface area contributed by atoms with Gasteiger partial charge in [-0.3, -0.25) is 0 Å². The second-order valence-corrected chi connectivity index (χ2v) is 2.15. The van der Waals surface area contributed by atoms with Gasteiger partial charge in [0, 0.05) is 26.7 Å². The standard InChI is InChI=1S/C6H12N2O/c1-9-5-6-4-7-2-3-8-6/h6H,2-5H2,1H3. The van der Waals surface area contributed by atoms with Crippen LogP contribution in [-0.2, 0) is 4.74 Å². The van der Waals surface area contributed by atoms with Crippen LogP contribution in [0.3, 0.4) is 0 Å². The number of methoxy groups -OCH3 is 1. The quantitative estimate of drug-likeness (QED) is 0.481. The highest BCUT2D eigenvalue weighted by Gasteiger charge is 2.12. The molecule has 1 aliphatic rings. The molecule has 0 aromatic rings. The Balaban J connectivity index is 2.08. The summed E-state index contributed by atoms with van der Waals surface area (Å²) in [5.74, 6) is 0. The summed E-state index contributed by atoms with van der Waals surface area (Å²) in [6.45, 7) is 3.37. The van der Waals surface area contributed by atoms with Crippen molar-refractivity contribution in [2.24, 2.45) is 0 Å². The number of ether oxygens (including phenoxy) is 1. The summed E-state index contributed by atoms with van der Waals surface area (Å²) in [6.07, 6.45) is 0. The van der Waals surface area contributed by atoms with Crippen molar-refractivity contribution in [1.29, 1.82) is 0 Å². The van der Waals surface area contributed by atoms with Gasteiger partial charge in [-0.1, -0.05) is 0 Å². The molecule has 0 aliphatic carbocycles. The van der Waals surface area contributed by atoms with Crippen LogP contribution in [0.5, 0.6) is 0 Å². The first-order chi connectivity index (χ1) is 4.43. The van der Waals surface area contributed by atoms with E-state index in [1.54, 1.807) is 7.11 Å². The molecule has 9 heavy (non-hydrogen) atoms. The fourth-order valence-corrected chi connectivity index (χ4v) is 0.907. The van der Waals surface area contributed by atoms with E-state index in [1.807, 2.05) is 0 Å². The van der Waals surface area contributed by atoms with E-state index in [0.29, 0.717) is 6.04 Å². The van der Waals surface area contributed by atoms with E-state index in [0.717, 1.165) is 26.2 Å². The maximum absolute atomic E-state index is 4.93. The summed E-state index contributed by atoms with van der Waals surface area (Å²) < 4.78 is 4.93. The Kier molecular flexibility index (Phi) is 2.97. The maximum Gasteiger partial charge on any atom is 0.0645 e. The Labute approximate surface area is 55.8 Å². The minimum absolute atomic E-state index is 0.337. The molecule has 0 bridgehead atoms. The predicted octanol–water partition coefficient (Wildman–Crippen LogP) is -0.776. The lowest BCUT2D eigenvalue weighted by Crippen LogP contribution is -2.42. The van der Waals surface area contributed by atoms with Crippen LogP contribution in [0.1, 0.15) is 0 Å². The van der Waals surface area contributed by atoms with Gasteiger partial charge < -0.3 is 4.74 Å². The normalized spacial score (nSPS) is 28.3. The topological polar surface area (TPSA) is 37.4 Å². The van der Waals surface area contributed by atoms with Crippen molar-refractivity contribution in [2.75, 3.05) is 33.4 Å². The van der Waals surface area contributed by atoms with Crippen molar-refractivity contribution in [3.05, 3.63) is 0 Å². The molecule has 0 N–H and O–H groups in total. The summed E-state index contributed by atoms with van der Waals surface area (Å²) in [5.41, 5.74) is 0. The third kappa shape index (κ3) is 2.30. The van der Waals surface area contributed by atoms with E-state index >= 15 is 0 Å². The Morgan fingerprint density at radius 1 is 1.56 bits per heavy atom. The molecule has 1 saturated heterocycles. The van der Waals surface area contributed by atoms with Gasteiger partial charge in [0.25, 0.3) is 0 Å². The average Bonchev–Trinajstić information content (AvgIpc) is 1.91. The van der Waals surface area contributed by atoms with Crippen LogP contribution in [-0.4, -0.2) is 39.4 Å². The van der Waals surface area contributed by atoms with Crippen molar-refractivity contribution in [2.45, 2.75) is 6.04 Å². The van der Waals surface area contributed by atoms with Crippen molar-refractivity contribution in [3.63, 3.8) is 0 Å². The minimum Gasteiger partial charge on any atom is -0.383 e. The lowest BCUT2D eigenvalue weighted by atomic mass is 10.2. The van der Waals surface area contributed by atoms with Crippen molar-refractivity contribution in [1.82, 2.24) is 10.6 Å². The largest absolute Gasteiger partial charge is 0.383 e. The summed E-state index contributed by atoms with van der Waals surface area (Å²) >= 11 is 0. The van der Waals surface area contributed by atoms with E-state index in [-0.39, 0.29) is 0 Å². The highest BCUT2D eigenvalue weighted by molar-refractivity contribution is 4.73. The number of hydrogen-bond donors (Lipinski definition) is 0. The molecule has 0 spiro atoms. The van der Waals surface area contributed by atoms with Gasteiger partial charge in [-0.15, -0.1) is 0 Å². The summed E-state index contributed by atoms with van der Waals surface area (Å²) in [5, 5.41) is 8.50. The fourth-order valence-electron chi connectivity index (χ4n) is 0.907. The lowest BCUT2D eigenvalue weighted by molar-refractivity contribution is 0.156. The van der Waals surface area contributed by atoms with Gasteiger partial charge in [-0.25, -0.2) is 10.6 Å². The number of rotatable bonds is 2. The first kappa shape index (κ1) is 6.99. The van der Waals surface area contributed by atoms with Gasteiger partial charge in [0.05, 0.1) is 12.6 Å². The zero-order valence-corrected chi connectivity index (χ0v) is 5.71. The Bertz CT molecular complexity index is 68.7. The molecule has 1 heterocycles. The molecule has 1 unspecified atom stereocenters. The molecule has 1 aliphatic heterocycles. The molecule has 52 valence electrons. The third-order valence-corrected chi connectivity index (χ3v) is 1.34. The van der Waals surface area contributed by atoms with E-state index in [9.17, 15) is 0 Å². The SMILES string of the molecule is COCC1C[N]CC[N]1. The zero-order valence-electron chi connectivity index (χ0n) is 5.71. The molecule has 1 rings (SSSR count). The van der Waals surface area contributed by atoms with Gasteiger partial charge in [-0.2, -0.15) is 0 Å². The second-order valence-electron chi connectivity index (χ2n) is 2.15. The Hall–Kier alpha value is -0.120. The van der Waals surface area contributed by atoms with E-state index in [4.69, 9.17) is 4.74 Å². The lowest BCUT2D eigenvalue weighted by Gasteiger charge is -2.20. The van der Waals surface area contributed by atoms with Gasteiger partial charge in [0.2, 0.25) is 0 Å². The second kappa shape index (κ2) is 3.82. The number of piperazine rings is 1. The van der Waals surface area contributed by atoms with Gasteiger partial charge in [0.15, 0.2) is 0 Å². The van der Waals surface area contributed by atoms with Crippen LogP contribution in [0.25, 0.3) is 0 Å². The van der Waals surface area contributed by atoms with Gasteiger partial charge in [0.1, 0.15) is 0 Å². The molecule has 0 amide bonds.